The van der Waals surface area contributed by atoms with Gasteiger partial charge in [0, 0.05) is 11.1 Å². The van der Waals surface area contributed by atoms with Crippen LogP contribution in [0.2, 0.25) is 0 Å². The van der Waals surface area contributed by atoms with E-state index in [4.69, 9.17) is 9.47 Å². The van der Waals surface area contributed by atoms with Crippen molar-refractivity contribution in [2.45, 2.75) is 20.0 Å². The van der Waals surface area contributed by atoms with Gasteiger partial charge in [-0.2, -0.15) is 0 Å². The SMILES string of the molecule is C=C(C)C(=O)Oc1ccc(C(/C=C/c2ccc3cc(OC(=O)C(=C)C)ccc3c2)OO)cc1. The minimum Gasteiger partial charge on any atom is -0.423 e. The van der Waals surface area contributed by atoms with Gasteiger partial charge in [-0.1, -0.05) is 49.6 Å². The fraction of sp³-hybridized carbons (Fsp3) is 0.111. The molecule has 1 N–H and O–H groups in total. The van der Waals surface area contributed by atoms with Crippen LogP contribution in [0.3, 0.4) is 0 Å². The van der Waals surface area contributed by atoms with E-state index in [0.717, 1.165) is 16.3 Å². The predicted molar refractivity (Wildman–Crippen MR) is 127 cm³/mol. The lowest BCUT2D eigenvalue weighted by atomic mass is 10.0. The molecule has 33 heavy (non-hydrogen) atoms. The summed E-state index contributed by atoms with van der Waals surface area (Å²) in [5, 5.41) is 11.2. The van der Waals surface area contributed by atoms with E-state index in [2.05, 4.69) is 18.0 Å². The van der Waals surface area contributed by atoms with Gasteiger partial charge in [0.1, 0.15) is 17.6 Å². The highest BCUT2D eigenvalue weighted by Crippen LogP contribution is 2.25. The molecule has 0 saturated heterocycles. The molecule has 0 heterocycles. The number of carbonyl (C=O) groups excluding carboxylic acids is 2. The van der Waals surface area contributed by atoms with Crippen molar-refractivity contribution in [1.82, 2.24) is 0 Å². The van der Waals surface area contributed by atoms with Crippen LogP contribution in [-0.4, -0.2) is 17.2 Å². The van der Waals surface area contributed by atoms with Crippen molar-refractivity contribution in [2.75, 3.05) is 0 Å². The second kappa shape index (κ2) is 10.5. The second-order valence-electron chi connectivity index (χ2n) is 7.56. The van der Waals surface area contributed by atoms with Gasteiger partial charge in [0.15, 0.2) is 0 Å². The Hall–Kier alpha value is -4.00. The first kappa shape index (κ1) is 23.7. The van der Waals surface area contributed by atoms with E-state index in [0.29, 0.717) is 28.2 Å². The molecule has 1 unspecified atom stereocenters. The van der Waals surface area contributed by atoms with E-state index in [1.165, 1.54) is 0 Å². The molecule has 1 atom stereocenters. The van der Waals surface area contributed by atoms with Crippen molar-refractivity contribution in [1.29, 1.82) is 0 Å². The van der Waals surface area contributed by atoms with Crippen molar-refractivity contribution in [2.24, 2.45) is 0 Å². The minimum absolute atomic E-state index is 0.304. The Morgan fingerprint density at radius 2 is 1.36 bits per heavy atom. The maximum absolute atomic E-state index is 11.7. The summed E-state index contributed by atoms with van der Waals surface area (Å²) in [6.45, 7) is 10.3. The summed E-state index contributed by atoms with van der Waals surface area (Å²) in [4.78, 5) is 27.9. The number of esters is 2. The van der Waals surface area contributed by atoms with E-state index in [9.17, 15) is 14.8 Å². The first-order valence-electron chi connectivity index (χ1n) is 10.1. The van der Waals surface area contributed by atoms with Gasteiger partial charge in [-0.3, -0.25) is 5.26 Å². The summed E-state index contributed by atoms with van der Waals surface area (Å²) in [7, 11) is 0. The first-order valence-corrected chi connectivity index (χ1v) is 10.1. The number of carbonyl (C=O) groups is 2. The minimum atomic E-state index is -0.712. The summed E-state index contributed by atoms with van der Waals surface area (Å²) in [5.74, 6) is -0.152. The fourth-order valence-electron chi connectivity index (χ4n) is 2.93. The third-order valence-electron chi connectivity index (χ3n) is 4.74. The molecule has 3 rings (SSSR count). The quantitative estimate of drug-likeness (QED) is 0.150. The van der Waals surface area contributed by atoms with E-state index < -0.39 is 18.0 Å². The van der Waals surface area contributed by atoms with Crippen molar-refractivity contribution < 1.29 is 29.2 Å². The highest BCUT2D eigenvalue weighted by Gasteiger charge is 2.11. The zero-order valence-corrected chi connectivity index (χ0v) is 18.4. The summed E-state index contributed by atoms with van der Waals surface area (Å²) in [6, 6.07) is 17.8. The van der Waals surface area contributed by atoms with E-state index in [1.54, 1.807) is 56.3 Å². The predicted octanol–water partition coefficient (Wildman–Crippen LogP) is 6.05. The number of hydrogen-bond acceptors (Lipinski definition) is 6. The van der Waals surface area contributed by atoms with Crippen LogP contribution < -0.4 is 9.47 Å². The van der Waals surface area contributed by atoms with Crippen molar-refractivity contribution in [3.63, 3.8) is 0 Å². The molecule has 0 amide bonds. The molecule has 168 valence electrons. The molecule has 3 aromatic carbocycles. The second-order valence-corrected chi connectivity index (χ2v) is 7.56. The van der Waals surface area contributed by atoms with Gasteiger partial charge < -0.3 is 9.47 Å². The van der Waals surface area contributed by atoms with Gasteiger partial charge in [-0.15, -0.1) is 0 Å². The Kier molecular flexibility index (Phi) is 7.56. The van der Waals surface area contributed by atoms with Gasteiger partial charge in [-0.25, -0.2) is 14.5 Å². The lowest BCUT2D eigenvalue weighted by Crippen LogP contribution is -2.08. The van der Waals surface area contributed by atoms with Gasteiger partial charge in [0.05, 0.1) is 0 Å². The molecule has 0 aliphatic rings. The lowest BCUT2D eigenvalue weighted by Gasteiger charge is -2.11. The summed E-state index contributed by atoms with van der Waals surface area (Å²) < 4.78 is 10.4. The van der Waals surface area contributed by atoms with Gasteiger partial charge >= 0.3 is 11.9 Å². The molecule has 6 heteroatoms. The van der Waals surface area contributed by atoms with Crippen LogP contribution in [0.5, 0.6) is 11.5 Å². The average Bonchev–Trinajstić information content (AvgIpc) is 2.80. The van der Waals surface area contributed by atoms with Crippen molar-refractivity contribution in [3.8, 4) is 11.5 Å². The summed E-state index contributed by atoms with van der Waals surface area (Å²) >= 11 is 0. The first-order chi connectivity index (χ1) is 15.8. The molecule has 0 bridgehead atoms. The highest BCUT2D eigenvalue weighted by atomic mass is 17.1. The highest BCUT2D eigenvalue weighted by molar-refractivity contribution is 5.91. The van der Waals surface area contributed by atoms with Crippen LogP contribution in [-0.2, 0) is 14.5 Å². The van der Waals surface area contributed by atoms with Gasteiger partial charge in [0.2, 0.25) is 0 Å². The van der Waals surface area contributed by atoms with Crippen LogP contribution in [0.4, 0.5) is 0 Å². The normalized spacial score (nSPS) is 11.8. The smallest absolute Gasteiger partial charge is 0.338 e. The van der Waals surface area contributed by atoms with Gasteiger partial charge in [-0.05, 0) is 72.2 Å². The molecule has 3 aromatic rings. The molecule has 0 radical (unpaired) electrons. The van der Waals surface area contributed by atoms with Crippen LogP contribution in [0.25, 0.3) is 16.8 Å². The number of hydrogen-bond donors (Lipinski definition) is 1. The van der Waals surface area contributed by atoms with Crippen molar-refractivity contribution in [3.05, 3.63) is 102 Å². The number of fused-ring (bicyclic) bond motifs is 1. The molecule has 0 aromatic heterocycles. The van der Waals surface area contributed by atoms with Crippen LogP contribution >= 0.6 is 0 Å². The monoisotopic (exact) mass is 444 g/mol. The molecule has 0 aliphatic heterocycles. The molecule has 0 saturated carbocycles. The average molecular weight is 444 g/mol. The largest absolute Gasteiger partial charge is 0.423 e. The molecule has 6 nitrogen and oxygen atoms in total. The molecular formula is C27H24O6. The zero-order chi connectivity index (χ0) is 24.0. The van der Waals surface area contributed by atoms with E-state index in [1.807, 2.05) is 30.3 Å². The summed E-state index contributed by atoms with van der Waals surface area (Å²) in [6.07, 6.45) is 2.82. The maximum atomic E-state index is 11.7. The summed E-state index contributed by atoms with van der Waals surface area (Å²) in [5.41, 5.74) is 2.20. The topological polar surface area (TPSA) is 82.1 Å². The van der Waals surface area contributed by atoms with E-state index >= 15 is 0 Å². The van der Waals surface area contributed by atoms with Crippen molar-refractivity contribution >= 4 is 28.8 Å². The molecule has 0 aliphatic carbocycles. The Bertz CT molecular complexity index is 1240. The van der Waals surface area contributed by atoms with Crippen LogP contribution in [0.1, 0.15) is 31.1 Å². The Balaban J connectivity index is 1.73. The Labute approximate surface area is 192 Å². The fourth-order valence-corrected chi connectivity index (χ4v) is 2.93. The zero-order valence-electron chi connectivity index (χ0n) is 18.4. The van der Waals surface area contributed by atoms with E-state index in [-0.39, 0.29) is 0 Å². The molecular weight excluding hydrogens is 420 g/mol. The standard InChI is InChI=1S/C27H24O6/c1-17(2)26(28)31-23-11-8-20(9-12-23)25(33-30)14-6-19-5-7-22-16-24(13-10-21(22)15-19)32-27(29)18(3)4/h5-16,25,30H,1,3H2,2,4H3/b14-6+. The Morgan fingerprint density at radius 3 is 1.97 bits per heavy atom. The maximum Gasteiger partial charge on any atom is 0.338 e. The number of ether oxygens (including phenoxy) is 2. The van der Waals surface area contributed by atoms with Crippen LogP contribution in [0, 0.1) is 0 Å². The third-order valence-corrected chi connectivity index (χ3v) is 4.74. The molecule has 0 fully saturated rings. The Morgan fingerprint density at radius 1 is 0.818 bits per heavy atom. The third kappa shape index (κ3) is 6.26. The van der Waals surface area contributed by atoms with Gasteiger partial charge in [0.25, 0.3) is 0 Å². The van der Waals surface area contributed by atoms with Crippen LogP contribution in [0.15, 0.2) is 91.0 Å². The number of rotatable bonds is 8. The lowest BCUT2D eigenvalue weighted by molar-refractivity contribution is -0.268. The number of benzene rings is 3. The molecule has 0 spiro atoms.